The summed E-state index contributed by atoms with van der Waals surface area (Å²) >= 11 is 1.65. The summed E-state index contributed by atoms with van der Waals surface area (Å²) in [5.41, 5.74) is 1.04. The lowest BCUT2D eigenvalue weighted by molar-refractivity contribution is 0.149. The molecular weight excluding hydrogens is 286 g/mol. The van der Waals surface area contributed by atoms with Gasteiger partial charge in [0.05, 0.1) is 5.69 Å². The molecule has 0 saturated carbocycles. The van der Waals surface area contributed by atoms with Gasteiger partial charge in [0.1, 0.15) is 5.75 Å². The van der Waals surface area contributed by atoms with Crippen LogP contribution < -0.4 is 9.64 Å². The zero-order valence-corrected chi connectivity index (χ0v) is 12.7. The molecule has 1 aromatic heterocycles. The highest BCUT2D eigenvalue weighted by Crippen LogP contribution is 2.21. The fourth-order valence-corrected chi connectivity index (χ4v) is 3.08. The third kappa shape index (κ3) is 3.33. The van der Waals surface area contributed by atoms with E-state index in [0.717, 1.165) is 23.9 Å². The Bertz CT molecular complexity index is 606. The molecule has 1 amide bonds. The summed E-state index contributed by atoms with van der Waals surface area (Å²) in [4.78, 5) is 20.5. The maximum atomic E-state index is 12.1. The summed E-state index contributed by atoms with van der Waals surface area (Å²) in [5.74, 6) is 0.584. The van der Waals surface area contributed by atoms with Gasteiger partial charge in [-0.05, 0) is 19.1 Å². The van der Waals surface area contributed by atoms with Crippen LogP contribution in [-0.4, -0.2) is 42.2 Å². The van der Waals surface area contributed by atoms with Crippen LogP contribution in [-0.2, 0) is 0 Å². The second-order valence-electron chi connectivity index (χ2n) is 4.93. The molecule has 6 heteroatoms. The summed E-state index contributed by atoms with van der Waals surface area (Å²) in [5, 5.41) is 3.08. The topological polar surface area (TPSA) is 45.7 Å². The molecule has 0 spiro atoms. The molecule has 0 atom stereocenters. The molecule has 0 radical (unpaired) electrons. The highest BCUT2D eigenvalue weighted by atomic mass is 32.1. The second kappa shape index (κ2) is 6.13. The average molecular weight is 303 g/mol. The Labute approximate surface area is 127 Å². The van der Waals surface area contributed by atoms with Gasteiger partial charge in [0.2, 0.25) is 0 Å². The van der Waals surface area contributed by atoms with Crippen molar-refractivity contribution in [2.24, 2.45) is 0 Å². The van der Waals surface area contributed by atoms with E-state index >= 15 is 0 Å². The van der Waals surface area contributed by atoms with Gasteiger partial charge in [-0.25, -0.2) is 9.78 Å². The SMILES string of the molecule is Cc1csc(N2CCN(C(=O)Oc3ccccc3)CC2)n1. The van der Waals surface area contributed by atoms with Gasteiger partial charge in [0, 0.05) is 31.6 Å². The summed E-state index contributed by atoms with van der Waals surface area (Å²) in [7, 11) is 0. The van der Waals surface area contributed by atoms with E-state index in [4.69, 9.17) is 4.74 Å². The number of para-hydroxylation sites is 1. The molecule has 1 aromatic carbocycles. The lowest BCUT2D eigenvalue weighted by Crippen LogP contribution is -2.49. The van der Waals surface area contributed by atoms with Gasteiger partial charge in [0.15, 0.2) is 5.13 Å². The minimum atomic E-state index is -0.281. The Morgan fingerprint density at radius 1 is 1.19 bits per heavy atom. The largest absolute Gasteiger partial charge is 0.415 e. The number of rotatable bonds is 2. The molecule has 110 valence electrons. The minimum absolute atomic E-state index is 0.281. The van der Waals surface area contributed by atoms with Gasteiger partial charge in [-0.1, -0.05) is 18.2 Å². The monoisotopic (exact) mass is 303 g/mol. The molecule has 5 nitrogen and oxygen atoms in total. The van der Waals surface area contributed by atoms with E-state index in [1.807, 2.05) is 30.5 Å². The molecule has 1 aliphatic heterocycles. The van der Waals surface area contributed by atoms with Gasteiger partial charge in [-0.15, -0.1) is 11.3 Å². The van der Waals surface area contributed by atoms with E-state index < -0.39 is 0 Å². The molecular formula is C15H17N3O2S. The van der Waals surface area contributed by atoms with E-state index in [1.54, 1.807) is 28.4 Å². The fraction of sp³-hybridized carbons (Fsp3) is 0.333. The number of hydrogen-bond donors (Lipinski definition) is 0. The maximum Gasteiger partial charge on any atom is 0.415 e. The molecule has 0 unspecified atom stereocenters. The summed E-state index contributed by atoms with van der Waals surface area (Å²) in [6, 6.07) is 9.17. The van der Waals surface area contributed by atoms with Crippen molar-refractivity contribution < 1.29 is 9.53 Å². The van der Waals surface area contributed by atoms with Crippen molar-refractivity contribution in [3.05, 3.63) is 41.4 Å². The third-order valence-electron chi connectivity index (χ3n) is 3.36. The number of carbonyl (C=O) groups is 1. The Balaban J connectivity index is 1.54. The summed E-state index contributed by atoms with van der Waals surface area (Å²) in [6.45, 7) is 4.88. The van der Waals surface area contributed by atoms with Gasteiger partial charge >= 0.3 is 6.09 Å². The zero-order chi connectivity index (χ0) is 14.7. The quantitative estimate of drug-likeness (QED) is 0.856. The van der Waals surface area contributed by atoms with Crippen molar-refractivity contribution >= 4 is 22.6 Å². The molecule has 0 N–H and O–H groups in total. The van der Waals surface area contributed by atoms with Crippen molar-refractivity contribution in [1.82, 2.24) is 9.88 Å². The highest BCUT2D eigenvalue weighted by Gasteiger charge is 2.23. The van der Waals surface area contributed by atoms with Crippen LogP contribution in [0.25, 0.3) is 0 Å². The minimum Gasteiger partial charge on any atom is -0.410 e. The standard InChI is InChI=1S/C15H17N3O2S/c1-12-11-21-14(16-12)17-7-9-18(10-8-17)15(19)20-13-5-3-2-4-6-13/h2-6,11H,7-10H2,1H3. The number of thiazole rings is 1. The fourth-order valence-electron chi connectivity index (χ4n) is 2.22. The third-order valence-corrected chi connectivity index (χ3v) is 4.38. The van der Waals surface area contributed by atoms with Crippen LogP contribution in [0.3, 0.4) is 0 Å². The van der Waals surface area contributed by atoms with Crippen LogP contribution >= 0.6 is 11.3 Å². The number of nitrogens with zero attached hydrogens (tertiary/aromatic N) is 3. The summed E-state index contributed by atoms with van der Waals surface area (Å²) < 4.78 is 5.35. The first-order valence-corrected chi connectivity index (χ1v) is 7.79. The van der Waals surface area contributed by atoms with E-state index in [2.05, 4.69) is 9.88 Å². The Hall–Kier alpha value is -2.08. The lowest BCUT2D eigenvalue weighted by Gasteiger charge is -2.33. The van der Waals surface area contributed by atoms with Gasteiger partial charge in [0.25, 0.3) is 0 Å². The average Bonchev–Trinajstić information content (AvgIpc) is 2.95. The Kier molecular flexibility index (Phi) is 4.06. The van der Waals surface area contributed by atoms with Gasteiger partial charge < -0.3 is 14.5 Å². The summed E-state index contributed by atoms with van der Waals surface area (Å²) in [6.07, 6.45) is -0.281. The van der Waals surface area contributed by atoms with E-state index in [-0.39, 0.29) is 6.09 Å². The van der Waals surface area contributed by atoms with Crippen molar-refractivity contribution in [1.29, 1.82) is 0 Å². The van der Waals surface area contributed by atoms with E-state index in [1.165, 1.54) is 0 Å². The van der Waals surface area contributed by atoms with Gasteiger partial charge in [-0.2, -0.15) is 0 Å². The number of hydrogen-bond acceptors (Lipinski definition) is 5. The number of aromatic nitrogens is 1. The van der Waals surface area contributed by atoms with Crippen LogP contribution in [0.4, 0.5) is 9.93 Å². The van der Waals surface area contributed by atoms with Crippen molar-refractivity contribution in [2.45, 2.75) is 6.92 Å². The molecule has 21 heavy (non-hydrogen) atoms. The number of carbonyl (C=O) groups excluding carboxylic acids is 1. The number of aryl methyl sites for hydroxylation is 1. The number of benzene rings is 1. The van der Waals surface area contributed by atoms with Crippen LogP contribution in [0, 0.1) is 6.92 Å². The highest BCUT2D eigenvalue weighted by molar-refractivity contribution is 7.13. The number of ether oxygens (including phenoxy) is 1. The van der Waals surface area contributed by atoms with Crippen LogP contribution in [0.1, 0.15) is 5.69 Å². The molecule has 1 fully saturated rings. The first-order chi connectivity index (χ1) is 10.2. The second-order valence-corrected chi connectivity index (χ2v) is 5.76. The first kappa shape index (κ1) is 13.9. The maximum absolute atomic E-state index is 12.1. The molecule has 1 saturated heterocycles. The predicted octanol–water partition coefficient (Wildman–Crippen LogP) is 2.77. The smallest absolute Gasteiger partial charge is 0.410 e. The van der Waals surface area contributed by atoms with Crippen molar-refractivity contribution in [3.63, 3.8) is 0 Å². The van der Waals surface area contributed by atoms with Crippen LogP contribution in [0.5, 0.6) is 5.75 Å². The molecule has 0 aliphatic carbocycles. The molecule has 0 bridgehead atoms. The van der Waals surface area contributed by atoms with Crippen LogP contribution in [0.2, 0.25) is 0 Å². The Morgan fingerprint density at radius 2 is 1.90 bits per heavy atom. The van der Waals surface area contributed by atoms with Crippen molar-refractivity contribution in [3.8, 4) is 5.75 Å². The van der Waals surface area contributed by atoms with Gasteiger partial charge in [-0.3, -0.25) is 0 Å². The first-order valence-electron chi connectivity index (χ1n) is 6.91. The molecule has 3 rings (SSSR count). The molecule has 2 heterocycles. The van der Waals surface area contributed by atoms with Crippen molar-refractivity contribution in [2.75, 3.05) is 31.1 Å². The van der Waals surface area contributed by atoms with Crippen LogP contribution in [0.15, 0.2) is 35.7 Å². The number of anilines is 1. The molecule has 2 aromatic rings. The lowest BCUT2D eigenvalue weighted by atomic mass is 10.3. The predicted molar refractivity (Wildman–Crippen MR) is 83.1 cm³/mol. The Morgan fingerprint density at radius 3 is 2.52 bits per heavy atom. The number of amides is 1. The number of piperazine rings is 1. The zero-order valence-electron chi connectivity index (χ0n) is 11.9. The molecule has 1 aliphatic rings. The van der Waals surface area contributed by atoms with E-state index in [0.29, 0.717) is 18.8 Å². The van der Waals surface area contributed by atoms with E-state index in [9.17, 15) is 4.79 Å². The normalized spacial score (nSPS) is 15.1.